The molecule has 1 saturated heterocycles. The second kappa shape index (κ2) is 6.20. The molecule has 5 heteroatoms. The maximum atomic E-state index is 13.4. The molecular weight excluding hydrogens is 276 g/mol. The van der Waals surface area contributed by atoms with E-state index in [1.807, 2.05) is 0 Å². The Balaban J connectivity index is 2.08. The summed E-state index contributed by atoms with van der Waals surface area (Å²) in [5, 5.41) is 13.8. The van der Waals surface area contributed by atoms with Gasteiger partial charge in [-0.2, -0.15) is 0 Å². The van der Waals surface area contributed by atoms with Gasteiger partial charge < -0.3 is 10.4 Å². The number of aliphatic hydroxyl groups excluding tert-OH is 1. The van der Waals surface area contributed by atoms with Crippen LogP contribution in [0.25, 0.3) is 0 Å². The zero-order valence-electron chi connectivity index (χ0n) is 9.93. The molecule has 0 saturated carbocycles. The zero-order valence-corrected chi connectivity index (χ0v) is 11.4. The molecule has 0 aliphatic carbocycles. The van der Waals surface area contributed by atoms with Gasteiger partial charge in [-0.3, -0.25) is 0 Å². The number of hydrogen-bond acceptors (Lipinski definition) is 2. The van der Waals surface area contributed by atoms with Gasteiger partial charge in [0.25, 0.3) is 0 Å². The van der Waals surface area contributed by atoms with E-state index < -0.39 is 11.9 Å². The van der Waals surface area contributed by atoms with Crippen LogP contribution in [0.5, 0.6) is 0 Å². The van der Waals surface area contributed by atoms with E-state index in [2.05, 4.69) is 5.32 Å². The third-order valence-corrected chi connectivity index (χ3v) is 3.94. The van der Waals surface area contributed by atoms with Gasteiger partial charge in [-0.15, -0.1) is 0 Å². The standard InChI is InChI=1S/C13H16Cl2FNO/c14-10-7-11(15)12(16)6-9(10)13(18)5-8-3-1-2-4-17-8/h6-8,13,17-18H,1-5H2. The largest absolute Gasteiger partial charge is 0.388 e. The van der Waals surface area contributed by atoms with Crippen molar-refractivity contribution < 1.29 is 9.50 Å². The smallest absolute Gasteiger partial charge is 0.142 e. The van der Waals surface area contributed by atoms with Crippen LogP contribution >= 0.6 is 23.2 Å². The van der Waals surface area contributed by atoms with Crippen LogP contribution in [-0.4, -0.2) is 17.7 Å². The third kappa shape index (κ3) is 3.35. The van der Waals surface area contributed by atoms with Gasteiger partial charge >= 0.3 is 0 Å². The van der Waals surface area contributed by atoms with Gasteiger partial charge in [-0.05, 0) is 37.9 Å². The summed E-state index contributed by atoms with van der Waals surface area (Å²) in [4.78, 5) is 0. The second-order valence-electron chi connectivity index (χ2n) is 4.69. The van der Waals surface area contributed by atoms with Crippen molar-refractivity contribution in [2.75, 3.05) is 6.54 Å². The monoisotopic (exact) mass is 291 g/mol. The van der Waals surface area contributed by atoms with E-state index in [-0.39, 0.29) is 11.1 Å². The van der Waals surface area contributed by atoms with Crippen molar-refractivity contribution in [3.63, 3.8) is 0 Å². The molecule has 0 amide bonds. The molecule has 0 bridgehead atoms. The van der Waals surface area contributed by atoms with Crippen LogP contribution in [0.1, 0.15) is 37.4 Å². The van der Waals surface area contributed by atoms with Gasteiger partial charge in [0.2, 0.25) is 0 Å². The molecule has 2 nitrogen and oxygen atoms in total. The summed E-state index contributed by atoms with van der Waals surface area (Å²) in [6.07, 6.45) is 3.14. The third-order valence-electron chi connectivity index (χ3n) is 3.32. The van der Waals surface area contributed by atoms with E-state index in [9.17, 15) is 9.50 Å². The molecule has 0 aromatic heterocycles. The van der Waals surface area contributed by atoms with Crippen LogP contribution in [0, 0.1) is 5.82 Å². The molecule has 2 rings (SSSR count). The van der Waals surface area contributed by atoms with Gasteiger partial charge in [-0.1, -0.05) is 29.6 Å². The molecule has 0 spiro atoms. The van der Waals surface area contributed by atoms with Gasteiger partial charge in [0, 0.05) is 16.6 Å². The van der Waals surface area contributed by atoms with Gasteiger partial charge in [0.05, 0.1) is 11.1 Å². The zero-order chi connectivity index (χ0) is 13.1. The molecule has 1 aromatic rings. The van der Waals surface area contributed by atoms with E-state index in [4.69, 9.17) is 23.2 Å². The predicted molar refractivity (Wildman–Crippen MR) is 71.6 cm³/mol. The molecule has 1 heterocycles. The number of hydrogen-bond donors (Lipinski definition) is 2. The summed E-state index contributed by atoms with van der Waals surface area (Å²) in [5.74, 6) is -0.549. The van der Waals surface area contributed by atoms with Crippen LogP contribution in [0.2, 0.25) is 10.0 Å². The number of piperidine rings is 1. The fourth-order valence-corrected chi connectivity index (χ4v) is 2.82. The lowest BCUT2D eigenvalue weighted by Gasteiger charge is -2.26. The Morgan fingerprint density at radius 3 is 2.78 bits per heavy atom. The lowest BCUT2D eigenvalue weighted by atomic mass is 9.96. The molecule has 1 aromatic carbocycles. The minimum atomic E-state index is -0.764. The first-order chi connectivity index (χ1) is 8.58. The van der Waals surface area contributed by atoms with E-state index in [0.717, 1.165) is 19.4 Å². The summed E-state index contributed by atoms with van der Waals surface area (Å²) < 4.78 is 13.4. The number of halogens is 3. The number of aliphatic hydroxyl groups is 1. The highest BCUT2D eigenvalue weighted by Crippen LogP contribution is 2.31. The van der Waals surface area contributed by atoms with Crippen LogP contribution in [-0.2, 0) is 0 Å². The Kier molecular flexibility index (Phi) is 4.84. The molecule has 2 unspecified atom stereocenters. The van der Waals surface area contributed by atoms with Crippen LogP contribution in [0.15, 0.2) is 12.1 Å². The molecule has 1 aliphatic rings. The van der Waals surface area contributed by atoms with Crippen LogP contribution in [0.4, 0.5) is 4.39 Å². The molecule has 2 N–H and O–H groups in total. The first kappa shape index (κ1) is 14.1. The van der Waals surface area contributed by atoms with Gasteiger partial charge in [0.1, 0.15) is 5.82 Å². The van der Waals surface area contributed by atoms with Crippen molar-refractivity contribution in [1.29, 1.82) is 0 Å². The minimum Gasteiger partial charge on any atom is -0.388 e. The van der Waals surface area contributed by atoms with E-state index in [1.54, 1.807) is 0 Å². The van der Waals surface area contributed by atoms with E-state index in [0.29, 0.717) is 17.0 Å². The highest BCUT2D eigenvalue weighted by molar-refractivity contribution is 6.35. The average Bonchev–Trinajstić information content (AvgIpc) is 2.35. The fraction of sp³-hybridized carbons (Fsp3) is 0.538. The Morgan fingerprint density at radius 1 is 1.33 bits per heavy atom. The van der Waals surface area contributed by atoms with Crippen molar-refractivity contribution in [3.05, 3.63) is 33.6 Å². The summed E-state index contributed by atoms with van der Waals surface area (Å²) in [6.45, 7) is 0.972. The SMILES string of the molecule is OC(CC1CCCCN1)c1cc(F)c(Cl)cc1Cl. The van der Waals surface area contributed by atoms with E-state index >= 15 is 0 Å². The Bertz CT molecular complexity index is 422. The first-order valence-electron chi connectivity index (χ1n) is 6.14. The number of rotatable bonds is 3. The molecule has 1 fully saturated rings. The maximum Gasteiger partial charge on any atom is 0.142 e. The highest BCUT2D eigenvalue weighted by Gasteiger charge is 2.20. The second-order valence-corrected chi connectivity index (χ2v) is 5.50. The summed E-state index contributed by atoms with van der Waals surface area (Å²) in [7, 11) is 0. The Hall–Kier alpha value is -0.350. The van der Waals surface area contributed by atoms with Crippen molar-refractivity contribution in [2.24, 2.45) is 0 Å². The van der Waals surface area contributed by atoms with Crippen molar-refractivity contribution in [3.8, 4) is 0 Å². The van der Waals surface area contributed by atoms with Crippen LogP contribution in [0.3, 0.4) is 0 Å². The summed E-state index contributed by atoms with van der Waals surface area (Å²) in [6, 6.07) is 2.83. The fourth-order valence-electron chi connectivity index (χ4n) is 2.31. The topological polar surface area (TPSA) is 32.3 Å². The first-order valence-corrected chi connectivity index (χ1v) is 6.89. The molecular formula is C13H16Cl2FNO. The average molecular weight is 292 g/mol. The molecule has 100 valence electrons. The lowest BCUT2D eigenvalue weighted by molar-refractivity contribution is 0.144. The highest BCUT2D eigenvalue weighted by atomic mass is 35.5. The van der Waals surface area contributed by atoms with Gasteiger partial charge in [-0.25, -0.2) is 4.39 Å². The maximum absolute atomic E-state index is 13.4. The summed E-state index contributed by atoms with van der Waals surface area (Å²) in [5.41, 5.74) is 0.408. The molecule has 2 atom stereocenters. The van der Waals surface area contributed by atoms with Crippen molar-refractivity contribution in [1.82, 2.24) is 5.32 Å². The number of nitrogens with one attached hydrogen (secondary N) is 1. The van der Waals surface area contributed by atoms with E-state index in [1.165, 1.54) is 18.6 Å². The molecule has 18 heavy (non-hydrogen) atoms. The molecule has 1 aliphatic heterocycles. The number of benzene rings is 1. The Morgan fingerprint density at radius 2 is 2.11 bits per heavy atom. The lowest BCUT2D eigenvalue weighted by Crippen LogP contribution is -2.35. The molecule has 0 radical (unpaired) electrons. The quantitative estimate of drug-likeness (QED) is 0.833. The summed E-state index contributed by atoms with van der Waals surface area (Å²) >= 11 is 11.6. The van der Waals surface area contributed by atoms with Gasteiger partial charge in [0.15, 0.2) is 0 Å². The minimum absolute atomic E-state index is 0.0215. The Labute approximate surface area is 116 Å². The predicted octanol–water partition coefficient (Wildman–Crippen LogP) is 3.70. The normalized spacial score (nSPS) is 21.9. The van der Waals surface area contributed by atoms with Crippen molar-refractivity contribution >= 4 is 23.2 Å². The van der Waals surface area contributed by atoms with Crippen LogP contribution < -0.4 is 5.32 Å². The van der Waals surface area contributed by atoms with Crippen molar-refractivity contribution in [2.45, 2.75) is 37.8 Å².